The highest BCUT2D eigenvalue weighted by molar-refractivity contribution is 5.35. The molecule has 0 aliphatic heterocycles. The van der Waals surface area contributed by atoms with Crippen LogP contribution < -0.4 is 11.5 Å². The second-order valence-electron chi connectivity index (χ2n) is 5.73. The highest BCUT2D eigenvalue weighted by Crippen LogP contribution is 2.28. The molecule has 0 spiro atoms. The summed E-state index contributed by atoms with van der Waals surface area (Å²) >= 11 is 0. The first kappa shape index (κ1) is 15.4. The van der Waals surface area contributed by atoms with Crippen LogP contribution in [0.2, 0.25) is 0 Å². The zero-order chi connectivity index (χ0) is 15.5. The Hall–Kier alpha value is -2.04. The van der Waals surface area contributed by atoms with E-state index >= 15 is 0 Å². The molecule has 0 radical (unpaired) electrons. The van der Waals surface area contributed by atoms with Crippen LogP contribution in [-0.2, 0) is 12.8 Å². The van der Waals surface area contributed by atoms with Gasteiger partial charge < -0.3 is 21.7 Å². The van der Waals surface area contributed by atoms with Gasteiger partial charge in [0.1, 0.15) is 11.5 Å². The van der Waals surface area contributed by atoms with Crippen molar-refractivity contribution in [3.8, 4) is 11.5 Å². The van der Waals surface area contributed by atoms with Crippen LogP contribution in [-0.4, -0.2) is 15.9 Å². The van der Waals surface area contributed by atoms with Crippen molar-refractivity contribution in [1.29, 1.82) is 0 Å². The minimum Gasteiger partial charge on any atom is -0.508 e. The number of phenolic OH excluding ortho intramolecular Hbond substituents is 2. The predicted octanol–water partition coefficient (Wildman–Crippen LogP) is 2.13. The normalized spacial score (nSPS) is 11.8. The third-order valence-corrected chi connectivity index (χ3v) is 3.80. The SMILES string of the molecule is CC(N)(N)C(Cc1ccccc1O)Cc1ccccc1O. The second kappa shape index (κ2) is 6.16. The lowest BCUT2D eigenvalue weighted by molar-refractivity contribution is 0.293. The highest BCUT2D eigenvalue weighted by Gasteiger charge is 2.27. The number of hydrogen-bond donors (Lipinski definition) is 4. The van der Waals surface area contributed by atoms with Crippen molar-refractivity contribution < 1.29 is 10.2 Å². The Morgan fingerprint density at radius 2 is 1.24 bits per heavy atom. The minimum atomic E-state index is -0.912. The largest absolute Gasteiger partial charge is 0.508 e. The van der Waals surface area contributed by atoms with Crippen molar-refractivity contribution in [2.24, 2.45) is 17.4 Å². The van der Waals surface area contributed by atoms with Crippen LogP contribution in [0.5, 0.6) is 11.5 Å². The van der Waals surface area contributed by atoms with E-state index in [1.807, 2.05) is 24.3 Å². The molecule has 0 aliphatic rings. The van der Waals surface area contributed by atoms with E-state index in [1.54, 1.807) is 31.2 Å². The van der Waals surface area contributed by atoms with Gasteiger partial charge in [0, 0.05) is 0 Å². The molecule has 0 bridgehead atoms. The number of rotatable bonds is 5. The van der Waals surface area contributed by atoms with E-state index in [0.29, 0.717) is 12.8 Å². The molecule has 2 aromatic carbocycles. The average Bonchev–Trinajstić information content (AvgIpc) is 2.41. The quantitative estimate of drug-likeness (QED) is 0.634. The Kier molecular flexibility index (Phi) is 4.50. The molecule has 112 valence electrons. The number of benzene rings is 2. The fourth-order valence-electron chi connectivity index (χ4n) is 2.41. The molecule has 0 saturated heterocycles. The summed E-state index contributed by atoms with van der Waals surface area (Å²) in [6, 6.07) is 14.3. The standard InChI is InChI=1S/C17H22N2O2/c1-17(18,19)14(10-12-6-2-4-8-15(12)20)11-13-7-3-5-9-16(13)21/h2-9,14,20-21H,10-11,18-19H2,1H3. The lowest BCUT2D eigenvalue weighted by atomic mass is 9.83. The second-order valence-corrected chi connectivity index (χ2v) is 5.73. The first-order valence-electron chi connectivity index (χ1n) is 6.99. The molecule has 6 N–H and O–H groups in total. The summed E-state index contributed by atoms with van der Waals surface area (Å²) < 4.78 is 0. The maximum Gasteiger partial charge on any atom is 0.118 e. The van der Waals surface area contributed by atoms with Crippen LogP contribution in [0, 0.1) is 5.92 Å². The van der Waals surface area contributed by atoms with E-state index in [4.69, 9.17) is 11.5 Å². The smallest absolute Gasteiger partial charge is 0.118 e. The Labute approximate surface area is 125 Å². The van der Waals surface area contributed by atoms with Gasteiger partial charge in [-0.25, -0.2) is 0 Å². The molecule has 0 atom stereocenters. The first-order valence-corrected chi connectivity index (χ1v) is 6.99. The van der Waals surface area contributed by atoms with Crippen molar-refractivity contribution in [2.45, 2.75) is 25.4 Å². The molecule has 0 saturated carbocycles. The van der Waals surface area contributed by atoms with Crippen LogP contribution in [0.1, 0.15) is 18.1 Å². The molecule has 2 aromatic rings. The van der Waals surface area contributed by atoms with Gasteiger partial charge in [0.25, 0.3) is 0 Å². The van der Waals surface area contributed by atoms with Crippen LogP contribution in [0.25, 0.3) is 0 Å². The third-order valence-electron chi connectivity index (χ3n) is 3.80. The Morgan fingerprint density at radius 1 is 0.857 bits per heavy atom. The molecule has 0 unspecified atom stereocenters. The fraction of sp³-hybridized carbons (Fsp3) is 0.294. The van der Waals surface area contributed by atoms with Crippen molar-refractivity contribution in [3.05, 3.63) is 59.7 Å². The first-order chi connectivity index (χ1) is 9.88. The van der Waals surface area contributed by atoms with E-state index < -0.39 is 5.66 Å². The molecule has 0 aliphatic carbocycles. The van der Waals surface area contributed by atoms with E-state index in [0.717, 1.165) is 11.1 Å². The van der Waals surface area contributed by atoms with Crippen LogP contribution in [0.3, 0.4) is 0 Å². The van der Waals surface area contributed by atoms with Crippen LogP contribution in [0.4, 0.5) is 0 Å². The summed E-state index contributed by atoms with van der Waals surface area (Å²) in [4.78, 5) is 0. The molecule has 0 fully saturated rings. The zero-order valence-corrected chi connectivity index (χ0v) is 12.2. The maximum absolute atomic E-state index is 9.91. The van der Waals surface area contributed by atoms with Gasteiger partial charge in [-0.05, 0) is 48.9 Å². The number of nitrogens with two attached hydrogens (primary N) is 2. The van der Waals surface area contributed by atoms with Gasteiger partial charge in [0.15, 0.2) is 0 Å². The Bertz CT molecular complexity index is 558. The number of para-hydroxylation sites is 2. The van der Waals surface area contributed by atoms with Crippen molar-refractivity contribution >= 4 is 0 Å². The number of phenols is 2. The third kappa shape index (κ3) is 3.97. The number of hydrogen-bond acceptors (Lipinski definition) is 4. The van der Waals surface area contributed by atoms with Gasteiger partial charge in [0.2, 0.25) is 0 Å². The summed E-state index contributed by atoms with van der Waals surface area (Å²) in [5.41, 5.74) is 12.9. The van der Waals surface area contributed by atoms with Gasteiger partial charge in [-0.3, -0.25) is 0 Å². The van der Waals surface area contributed by atoms with Gasteiger partial charge >= 0.3 is 0 Å². The van der Waals surface area contributed by atoms with Crippen LogP contribution >= 0.6 is 0 Å². The van der Waals surface area contributed by atoms with Crippen LogP contribution in [0.15, 0.2) is 48.5 Å². The molecular formula is C17H22N2O2. The Balaban J connectivity index is 2.24. The van der Waals surface area contributed by atoms with E-state index in [2.05, 4.69) is 0 Å². The van der Waals surface area contributed by atoms with E-state index in [-0.39, 0.29) is 17.4 Å². The zero-order valence-electron chi connectivity index (χ0n) is 12.2. The molecule has 4 heteroatoms. The fourth-order valence-corrected chi connectivity index (χ4v) is 2.41. The minimum absolute atomic E-state index is 0.112. The van der Waals surface area contributed by atoms with E-state index in [9.17, 15) is 10.2 Å². The lowest BCUT2D eigenvalue weighted by Gasteiger charge is -2.31. The summed E-state index contributed by atoms with van der Waals surface area (Å²) in [5.74, 6) is 0.368. The van der Waals surface area contributed by atoms with Gasteiger partial charge in [-0.2, -0.15) is 0 Å². The topological polar surface area (TPSA) is 92.5 Å². The number of aromatic hydroxyl groups is 2. The van der Waals surface area contributed by atoms with Gasteiger partial charge in [0.05, 0.1) is 5.66 Å². The molecule has 0 aromatic heterocycles. The molecule has 0 amide bonds. The van der Waals surface area contributed by atoms with Crippen molar-refractivity contribution in [3.63, 3.8) is 0 Å². The summed E-state index contributed by atoms with van der Waals surface area (Å²) in [6.07, 6.45) is 1.09. The molecular weight excluding hydrogens is 264 g/mol. The highest BCUT2D eigenvalue weighted by atomic mass is 16.3. The lowest BCUT2D eigenvalue weighted by Crippen LogP contribution is -2.54. The Morgan fingerprint density at radius 3 is 1.57 bits per heavy atom. The van der Waals surface area contributed by atoms with Crippen molar-refractivity contribution in [2.75, 3.05) is 0 Å². The molecule has 21 heavy (non-hydrogen) atoms. The van der Waals surface area contributed by atoms with E-state index in [1.165, 1.54) is 0 Å². The maximum atomic E-state index is 9.91. The predicted molar refractivity (Wildman–Crippen MR) is 83.9 cm³/mol. The van der Waals surface area contributed by atoms with Gasteiger partial charge in [-0.15, -0.1) is 0 Å². The summed E-state index contributed by atoms with van der Waals surface area (Å²) in [6.45, 7) is 1.76. The summed E-state index contributed by atoms with van der Waals surface area (Å²) in [5, 5.41) is 19.8. The average molecular weight is 286 g/mol. The molecule has 4 nitrogen and oxygen atoms in total. The monoisotopic (exact) mass is 286 g/mol. The molecule has 2 rings (SSSR count). The van der Waals surface area contributed by atoms with Gasteiger partial charge in [-0.1, -0.05) is 36.4 Å². The summed E-state index contributed by atoms with van der Waals surface area (Å²) in [7, 11) is 0. The van der Waals surface area contributed by atoms with Crippen molar-refractivity contribution in [1.82, 2.24) is 0 Å². The molecule has 0 heterocycles.